The van der Waals surface area contributed by atoms with E-state index >= 15 is 0 Å². The van der Waals surface area contributed by atoms with Crippen LogP contribution in [0.5, 0.6) is 11.5 Å². The van der Waals surface area contributed by atoms with Crippen molar-refractivity contribution in [2.75, 3.05) is 14.2 Å². The predicted molar refractivity (Wildman–Crippen MR) is 76.0 cm³/mol. The molecule has 0 fully saturated rings. The third-order valence-corrected chi connectivity index (χ3v) is 3.04. The number of nitrogens with zero attached hydrogens (tertiary/aromatic N) is 1. The van der Waals surface area contributed by atoms with Crippen molar-refractivity contribution in [1.82, 2.24) is 10.3 Å². The lowest BCUT2D eigenvalue weighted by Crippen LogP contribution is -2.13. The Kier molecular flexibility index (Phi) is 5.01. The second-order valence-electron chi connectivity index (χ2n) is 4.36. The average Bonchev–Trinajstić information content (AvgIpc) is 2.95. The Bertz CT molecular complexity index is 552. The van der Waals surface area contributed by atoms with Gasteiger partial charge >= 0.3 is 0 Å². The van der Waals surface area contributed by atoms with Gasteiger partial charge in [-0.2, -0.15) is 0 Å². The van der Waals surface area contributed by atoms with E-state index in [0.717, 1.165) is 29.2 Å². The number of rotatable bonds is 7. The van der Waals surface area contributed by atoms with Gasteiger partial charge in [0.05, 0.1) is 27.0 Å². The first kappa shape index (κ1) is 14.4. The van der Waals surface area contributed by atoms with Gasteiger partial charge in [-0.15, -0.1) is 0 Å². The maximum atomic E-state index is 5.54. The number of oxazole rings is 1. The van der Waals surface area contributed by atoms with Gasteiger partial charge in [0.15, 0.2) is 0 Å². The Morgan fingerprint density at radius 2 is 2.05 bits per heavy atom. The quantitative estimate of drug-likeness (QED) is 0.842. The minimum atomic E-state index is 0.592. The van der Waals surface area contributed by atoms with Gasteiger partial charge in [-0.25, -0.2) is 4.98 Å². The molecular formula is C15H20N2O3. The van der Waals surface area contributed by atoms with Crippen molar-refractivity contribution in [3.05, 3.63) is 41.6 Å². The van der Waals surface area contributed by atoms with Crippen LogP contribution in [-0.4, -0.2) is 19.2 Å². The number of hydrogen-bond acceptors (Lipinski definition) is 5. The highest BCUT2D eigenvalue weighted by molar-refractivity contribution is 5.40. The lowest BCUT2D eigenvalue weighted by atomic mass is 10.2. The van der Waals surface area contributed by atoms with Crippen molar-refractivity contribution >= 4 is 0 Å². The van der Waals surface area contributed by atoms with Crippen LogP contribution in [0, 0.1) is 0 Å². The molecule has 1 heterocycles. The number of ether oxygens (including phenoxy) is 2. The number of methoxy groups -OCH3 is 2. The highest BCUT2D eigenvalue weighted by atomic mass is 16.5. The van der Waals surface area contributed by atoms with E-state index in [9.17, 15) is 0 Å². The SMILES string of the molecule is CCc1cnc(CNCc2ccc(OC)cc2OC)o1. The summed E-state index contributed by atoms with van der Waals surface area (Å²) < 4.78 is 16.1. The van der Waals surface area contributed by atoms with E-state index in [1.54, 1.807) is 20.4 Å². The van der Waals surface area contributed by atoms with Gasteiger partial charge in [0.1, 0.15) is 17.3 Å². The number of hydrogen-bond donors (Lipinski definition) is 1. The summed E-state index contributed by atoms with van der Waals surface area (Å²) in [5, 5.41) is 3.29. The molecule has 108 valence electrons. The Morgan fingerprint density at radius 1 is 1.20 bits per heavy atom. The van der Waals surface area contributed by atoms with Crippen molar-refractivity contribution in [3.63, 3.8) is 0 Å². The number of aromatic nitrogens is 1. The molecule has 1 N–H and O–H groups in total. The summed E-state index contributed by atoms with van der Waals surface area (Å²) in [6.45, 7) is 3.31. The number of aryl methyl sites for hydroxylation is 1. The van der Waals surface area contributed by atoms with E-state index in [-0.39, 0.29) is 0 Å². The zero-order valence-corrected chi connectivity index (χ0v) is 12.1. The molecule has 0 radical (unpaired) electrons. The summed E-state index contributed by atoms with van der Waals surface area (Å²) in [5.41, 5.74) is 1.07. The number of nitrogens with one attached hydrogen (secondary N) is 1. The summed E-state index contributed by atoms with van der Waals surface area (Å²) >= 11 is 0. The van der Waals surface area contributed by atoms with Gasteiger partial charge in [-0.05, 0) is 6.07 Å². The fourth-order valence-electron chi connectivity index (χ4n) is 1.90. The van der Waals surface area contributed by atoms with Crippen LogP contribution in [0.1, 0.15) is 24.1 Å². The maximum Gasteiger partial charge on any atom is 0.208 e. The second-order valence-corrected chi connectivity index (χ2v) is 4.36. The Balaban J connectivity index is 1.93. The first-order chi connectivity index (χ1) is 9.76. The summed E-state index contributed by atoms with van der Waals surface area (Å²) in [5.74, 6) is 3.20. The third-order valence-electron chi connectivity index (χ3n) is 3.04. The van der Waals surface area contributed by atoms with Crippen LogP contribution < -0.4 is 14.8 Å². The third kappa shape index (κ3) is 3.51. The van der Waals surface area contributed by atoms with Crippen molar-refractivity contribution in [2.24, 2.45) is 0 Å². The average molecular weight is 276 g/mol. The Morgan fingerprint density at radius 3 is 2.70 bits per heavy atom. The van der Waals surface area contributed by atoms with Gasteiger partial charge in [-0.1, -0.05) is 13.0 Å². The summed E-state index contributed by atoms with van der Waals surface area (Å²) in [6.07, 6.45) is 2.63. The smallest absolute Gasteiger partial charge is 0.208 e. The van der Waals surface area contributed by atoms with Crippen molar-refractivity contribution < 1.29 is 13.9 Å². The molecule has 5 heteroatoms. The molecule has 0 unspecified atom stereocenters. The Labute approximate surface area is 118 Å². The minimum absolute atomic E-state index is 0.592. The van der Waals surface area contributed by atoms with Crippen LogP contribution in [0.2, 0.25) is 0 Å². The zero-order chi connectivity index (χ0) is 14.4. The van der Waals surface area contributed by atoms with Crippen molar-refractivity contribution in [1.29, 1.82) is 0 Å². The summed E-state index contributed by atoms with van der Waals surface area (Å²) in [4.78, 5) is 4.21. The molecule has 0 aliphatic heterocycles. The molecule has 1 aromatic heterocycles. The second kappa shape index (κ2) is 6.96. The van der Waals surface area contributed by atoms with E-state index in [1.807, 2.05) is 25.1 Å². The lowest BCUT2D eigenvalue weighted by molar-refractivity contribution is 0.388. The predicted octanol–water partition coefficient (Wildman–Crippen LogP) is 2.54. The molecule has 0 saturated heterocycles. The summed E-state index contributed by atoms with van der Waals surface area (Å²) in [7, 11) is 3.29. The van der Waals surface area contributed by atoms with Crippen molar-refractivity contribution in [3.8, 4) is 11.5 Å². The van der Waals surface area contributed by atoms with E-state index < -0.39 is 0 Å². The molecule has 0 aliphatic carbocycles. The molecule has 1 aromatic carbocycles. The first-order valence-electron chi connectivity index (χ1n) is 6.62. The van der Waals surface area contributed by atoms with E-state index in [2.05, 4.69) is 10.3 Å². The molecular weight excluding hydrogens is 256 g/mol. The number of benzene rings is 1. The van der Waals surface area contributed by atoms with Crippen LogP contribution in [0.3, 0.4) is 0 Å². The molecule has 0 atom stereocenters. The van der Waals surface area contributed by atoms with Crippen LogP contribution >= 0.6 is 0 Å². The standard InChI is InChI=1S/C15H20N2O3/c1-4-12-9-17-15(20-12)10-16-8-11-5-6-13(18-2)7-14(11)19-3/h5-7,9,16H,4,8,10H2,1-3H3. The van der Waals surface area contributed by atoms with Crippen LogP contribution in [-0.2, 0) is 19.5 Å². The normalized spacial score (nSPS) is 10.6. The van der Waals surface area contributed by atoms with Gasteiger partial charge in [0.25, 0.3) is 0 Å². The fraction of sp³-hybridized carbons (Fsp3) is 0.400. The van der Waals surface area contributed by atoms with E-state index in [4.69, 9.17) is 13.9 Å². The molecule has 0 saturated carbocycles. The van der Waals surface area contributed by atoms with Crippen molar-refractivity contribution in [2.45, 2.75) is 26.4 Å². The van der Waals surface area contributed by atoms with E-state index in [1.165, 1.54) is 0 Å². The van der Waals surface area contributed by atoms with Crippen LogP contribution in [0.15, 0.2) is 28.8 Å². The topological polar surface area (TPSA) is 56.5 Å². The molecule has 0 spiro atoms. The van der Waals surface area contributed by atoms with Gasteiger partial charge in [0, 0.05) is 24.6 Å². The molecule has 0 bridgehead atoms. The monoisotopic (exact) mass is 276 g/mol. The van der Waals surface area contributed by atoms with Crippen LogP contribution in [0.4, 0.5) is 0 Å². The fourth-order valence-corrected chi connectivity index (χ4v) is 1.90. The van der Waals surface area contributed by atoms with E-state index in [0.29, 0.717) is 19.0 Å². The van der Waals surface area contributed by atoms with Gasteiger partial charge in [0.2, 0.25) is 5.89 Å². The maximum absolute atomic E-state index is 5.54. The van der Waals surface area contributed by atoms with Gasteiger partial charge < -0.3 is 19.2 Å². The molecule has 20 heavy (non-hydrogen) atoms. The molecule has 2 rings (SSSR count). The molecule has 0 aliphatic rings. The highest BCUT2D eigenvalue weighted by Crippen LogP contribution is 2.24. The summed E-state index contributed by atoms with van der Waals surface area (Å²) in [6, 6.07) is 5.77. The molecule has 0 amide bonds. The highest BCUT2D eigenvalue weighted by Gasteiger charge is 2.06. The van der Waals surface area contributed by atoms with Gasteiger partial charge in [-0.3, -0.25) is 0 Å². The minimum Gasteiger partial charge on any atom is -0.497 e. The Hall–Kier alpha value is -2.01. The molecule has 5 nitrogen and oxygen atoms in total. The van der Waals surface area contributed by atoms with Crippen LogP contribution in [0.25, 0.3) is 0 Å². The largest absolute Gasteiger partial charge is 0.497 e. The lowest BCUT2D eigenvalue weighted by Gasteiger charge is -2.10. The molecule has 2 aromatic rings. The zero-order valence-electron chi connectivity index (χ0n) is 12.1. The first-order valence-corrected chi connectivity index (χ1v) is 6.62.